The van der Waals surface area contributed by atoms with E-state index >= 15 is 0 Å². The molecule has 3 aromatic carbocycles. The highest BCUT2D eigenvalue weighted by molar-refractivity contribution is 6.12. The van der Waals surface area contributed by atoms with Crippen LogP contribution < -0.4 is 9.64 Å². The van der Waals surface area contributed by atoms with Gasteiger partial charge in [0.2, 0.25) is 5.91 Å². The number of carbonyl (C=O) groups excluding carboxylic acids is 1. The third kappa shape index (κ3) is 5.06. The van der Waals surface area contributed by atoms with Crippen LogP contribution in [0.4, 0.5) is 5.69 Å². The largest absolute Gasteiger partial charge is 0.496 e. The van der Waals surface area contributed by atoms with Crippen molar-refractivity contribution >= 4 is 39.5 Å². The molecule has 4 aromatic rings. The maximum absolute atomic E-state index is 13.8. The average molecular weight is 544 g/mol. The number of carboxylic acids is 1. The van der Waals surface area contributed by atoms with E-state index in [9.17, 15) is 14.7 Å². The highest BCUT2D eigenvalue weighted by Gasteiger charge is 2.33. The Labute approximate surface area is 234 Å². The molecule has 0 radical (unpaired) electrons. The second-order valence-corrected chi connectivity index (χ2v) is 11.1. The monoisotopic (exact) mass is 543 g/mol. The normalized spacial score (nSPS) is 18.2. The van der Waals surface area contributed by atoms with Crippen molar-refractivity contribution in [3.63, 3.8) is 0 Å². The number of para-hydroxylation sites is 1. The van der Waals surface area contributed by atoms with E-state index in [2.05, 4.69) is 6.92 Å². The summed E-state index contributed by atoms with van der Waals surface area (Å²) >= 11 is 0. The van der Waals surface area contributed by atoms with E-state index in [4.69, 9.17) is 13.9 Å². The summed E-state index contributed by atoms with van der Waals surface area (Å²) in [6.07, 6.45) is 3.29. The molecule has 1 saturated carbocycles. The standard InChI is InChI=1S/C33H37NO6/c1-19(2)34(32(35)21-12-10-20(3)11-13-21)27-17-25-24-16-22(31(39-5)23-8-6-7-9-28(23)38-4)14-15-29(24)40-30(25)18-26(27)33(36)37/h6-9,14-21,31H,10-13H2,1-5H3,(H,36,37). The Kier molecular flexibility index (Phi) is 7.86. The minimum absolute atomic E-state index is 0.00661. The van der Waals surface area contributed by atoms with Gasteiger partial charge in [0.05, 0.1) is 18.4 Å². The topological polar surface area (TPSA) is 89.2 Å². The zero-order valence-corrected chi connectivity index (χ0v) is 23.8. The highest BCUT2D eigenvalue weighted by Crippen LogP contribution is 2.40. The lowest BCUT2D eigenvalue weighted by molar-refractivity contribution is -0.123. The molecule has 1 heterocycles. The molecule has 1 aliphatic carbocycles. The number of rotatable bonds is 8. The molecule has 1 fully saturated rings. The lowest BCUT2D eigenvalue weighted by Crippen LogP contribution is -2.42. The Bertz CT molecular complexity index is 1550. The smallest absolute Gasteiger partial charge is 0.337 e. The predicted octanol–water partition coefficient (Wildman–Crippen LogP) is 7.60. The molecular weight excluding hydrogens is 506 g/mol. The van der Waals surface area contributed by atoms with Gasteiger partial charge >= 0.3 is 5.97 Å². The number of hydrogen-bond acceptors (Lipinski definition) is 5. The van der Waals surface area contributed by atoms with Crippen molar-refractivity contribution in [3.05, 3.63) is 71.3 Å². The number of methoxy groups -OCH3 is 2. The summed E-state index contributed by atoms with van der Waals surface area (Å²) in [5.41, 5.74) is 3.35. The molecule has 1 aromatic heterocycles. The van der Waals surface area contributed by atoms with E-state index in [-0.39, 0.29) is 29.5 Å². The van der Waals surface area contributed by atoms with Gasteiger partial charge < -0.3 is 23.9 Å². The third-order valence-electron chi connectivity index (χ3n) is 8.18. The number of furan rings is 1. The fraction of sp³-hybridized carbons (Fsp3) is 0.394. The summed E-state index contributed by atoms with van der Waals surface area (Å²) in [6, 6.07) is 16.7. The number of ether oxygens (including phenoxy) is 2. The molecule has 7 nitrogen and oxygen atoms in total. The Morgan fingerprint density at radius 2 is 1.65 bits per heavy atom. The third-order valence-corrected chi connectivity index (χ3v) is 8.18. The lowest BCUT2D eigenvalue weighted by Gasteiger charge is -2.34. The molecule has 5 rings (SSSR count). The molecule has 0 aliphatic heterocycles. The molecule has 1 amide bonds. The zero-order valence-electron chi connectivity index (χ0n) is 23.8. The second kappa shape index (κ2) is 11.3. The number of benzene rings is 3. The summed E-state index contributed by atoms with van der Waals surface area (Å²) in [5, 5.41) is 11.8. The quantitative estimate of drug-likeness (QED) is 0.246. The summed E-state index contributed by atoms with van der Waals surface area (Å²) in [7, 11) is 3.29. The van der Waals surface area contributed by atoms with Crippen LogP contribution in [-0.4, -0.2) is 37.2 Å². The molecule has 0 bridgehead atoms. The van der Waals surface area contributed by atoms with Gasteiger partial charge in [-0.25, -0.2) is 4.79 Å². The van der Waals surface area contributed by atoms with Gasteiger partial charge in [-0.15, -0.1) is 0 Å². The van der Waals surface area contributed by atoms with Crippen LogP contribution in [0.3, 0.4) is 0 Å². The van der Waals surface area contributed by atoms with Crippen LogP contribution in [0.15, 0.2) is 59.0 Å². The fourth-order valence-electron chi connectivity index (χ4n) is 6.04. The number of fused-ring (bicyclic) bond motifs is 3. The Hall–Kier alpha value is -3.84. The Morgan fingerprint density at radius 3 is 2.30 bits per heavy atom. The van der Waals surface area contributed by atoms with Crippen LogP contribution in [0.25, 0.3) is 21.9 Å². The van der Waals surface area contributed by atoms with Crippen molar-refractivity contribution < 1.29 is 28.6 Å². The first-order chi connectivity index (χ1) is 19.2. The zero-order chi connectivity index (χ0) is 28.6. The van der Waals surface area contributed by atoms with Gasteiger partial charge in [0, 0.05) is 35.4 Å². The van der Waals surface area contributed by atoms with E-state index in [0.29, 0.717) is 22.8 Å². The summed E-state index contributed by atoms with van der Waals surface area (Å²) in [6.45, 7) is 6.08. The van der Waals surface area contributed by atoms with Gasteiger partial charge in [0.1, 0.15) is 23.0 Å². The van der Waals surface area contributed by atoms with E-state index in [1.807, 2.05) is 62.4 Å². The predicted molar refractivity (Wildman–Crippen MR) is 156 cm³/mol. The van der Waals surface area contributed by atoms with Crippen molar-refractivity contribution in [1.29, 1.82) is 0 Å². The van der Waals surface area contributed by atoms with Gasteiger partial charge in [-0.05, 0) is 81.3 Å². The number of carboxylic acid groups (broad SMARTS) is 1. The second-order valence-electron chi connectivity index (χ2n) is 11.1. The van der Waals surface area contributed by atoms with Crippen LogP contribution in [-0.2, 0) is 9.53 Å². The maximum Gasteiger partial charge on any atom is 0.337 e. The molecule has 40 heavy (non-hydrogen) atoms. The first-order valence-corrected chi connectivity index (χ1v) is 14.0. The van der Waals surface area contributed by atoms with Gasteiger partial charge in [0.15, 0.2) is 0 Å². The lowest BCUT2D eigenvalue weighted by atomic mass is 9.82. The first kappa shape index (κ1) is 27.7. The molecule has 0 saturated heterocycles. The van der Waals surface area contributed by atoms with Crippen LogP contribution in [0.2, 0.25) is 0 Å². The number of aromatic carboxylic acids is 1. The van der Waals surface area contributed by atoms with Crippen LogP contribution in [0.1, 0.15) is 74.0 Å². The molecule has 0 spiro atoms. The van der Waals surface area contributed by atoms with E-state index in [1.54, 1.807) is 25.2 Å². The first-order valence-electron chi connectivity index (χ1n) is 14.0. The molecule has 1 N–H and O–H groups in total. The Morgan fingerprint density at radius 1 is 0.950 bits per heavy atom. The minimum atomic E-state index is -1.09. The summed E-state index contributed by atoms with van der Waals surface area (Å²) in [4.78, 5) is 28.0. The average Bonchev–Trinajstić information content (AvgIpc) is 3.30. The van der Waals surface area contributed by atoms with Crippen molar-refractivity contribution in [3.8, 4) is 5.75 Å². The number of carbonyl (C=O) groups is 2. The summed E-state index contributed by atoms with van der Waals surface area (Å²) < 4.78 is 17.6. The van der Waals surface area contributed by atoms with Gasteiger partial charge in [-0.2, -0.15) is 0 Å². The van der Waals surface area contributed by atoms with E-state index < -0.39 is 5.97 Å². The van der Waals surface area contributed by atoms with Crippen LogP contribution in [0, 0.1) is 11.8 Å². The van der Waals surface area contributed by atoms with Crippen LogP contribution >= 0.6 is 0 Å². The number of amides is 1. The number of hydrogen-bond donors (Lipinski definition) is 1. The Balaban J connectivity index is 1.64. The van der Waals surface area contributed by atoms with E-state index in [0.717, 1.165) is 53.3 Å². The minimum Gasteiger partial charge on any atom is -0.496 e. The maximum atomic E-state index is 13.8. The molecule has 1 aliphatic rings. The van der Waals surface area contributed by atoms with Gasteiger partial charge in [0.25, 0.3) is 0 Å². The van der Waals surface area contributed by atoms with Gasteiger partial charge in [-0.1, -0.05) is 31.2 Å². The number of anilines is 1. The molecule has 1 unspecified atom stereocenters. The van der Waals surface area contributed by atoms with Crippen molar-refractivity contribution in [2.24, 2.45) is 11.8 Å². The van der Waals surface area contributed by atoms with Crippen LogP contribution in [0.5, 0.6) is 5.75 Å². The summed E-state index contributed by atoms with van der Waals surface area (Å²) in [5.74, 6) is 0.132. The SMILES string of the molecule is COc1ccccc1C(OC)c1ccc2oc3cc(C(=O)O)c(N(C(=O)C4CCC(C)CC4)C(C)C)cc3c2c1. The van der Waals surface area contributed by atoms with E-state index in [1.165, 1.54) is 0 Å². The van der Waals surface area contributed by atoms with Gasteiger partial charge in [-0.3, -0.25) is 4.79 Å². The van der Waals surface area contributed by atoms with Crippen molar-refractivity contribution in [2.45, 2.75) is 58.6 Å². The van der Waals surface area contributed by atoms with Crippen molar-refractivity contribution in [1.82, 2.24) is 0 Å². The molecule has 210 valence electrons. The number of nitrogens with zero attached hydrogens (tertiary/aromatic N) is 1. The highest BCUT2D eigenvalue weighted by atomic mass is 16.5. The molecular formula is C33H37NO6. The molecule has 1 atom stereocenters. The molecule has 7 heteroatoms. The van der Waals surface area contributed by atoms with Crippen molar-refractivity contribution in [2.75, 3.05) is 19.1 Å². The fourth-order valence-corrected chi connectivity index (χ4v) is 6.04.